The second-order valence-electron chi connectivity index (χ2n) is 5.41. The van der Waals surface area contributed by atoms with Gasteiger partial charge in [-0.1, -0.05) is 18.2 Å². The predicted octanol–water partition coefficient (Wildman–Crippen LogP) is 1.51. The zero-order valence-electron chi connectivity index (χ0n) is 14.2. The van der Waals surface area contributed by atoms with Crippen LogP contribution in [0.4, 0.5) is 5.69 Å². The summed E-state index contributed by atoms with van der Waals surface area (Å²) in [5.41, 5.74) is -0.768. The standard InChI is InChI=1S/C16H15NO8S2/c1-10(18)25-15-11(16(19)20)6-5-7-12(15)17-27(23,24)14-9-4-3-8-13(14)26(2,21)22/h3-9,17H,1-2H3,(H,19,20). The van der Waals surface area contributed by atoms with Gasteiger partial charge in [0.2, 0.25) is 0 Å². The largest absolute Gasteiger partial charge is 0.478 e. The number of carbonyl (C=O) groups excluding carboxylic acids is 1. The molecule has 0 aliphatic rings. The first kappa shape index (κ1) is 20.4. The van der Waals surface area contributed by atoms with Gasteiger partial charge in [0.1, 0.15) is 10.5 Å². The lowest BCUT2D eigenvalue weighted by molar-refractivity contribution is -0.131. The first-order valence-electron chi connectivity index (χ1n) is 7.30. The minimum atomic E-state index is -4.44. The van der Waals surface area contributed by atoms with E-state index in [2.05, 4.69) is 4.72 Å². The SMILES string of the molecule is CC(=O)Oc1c(NS(=O)(=O)c2ccccc2S(C)(=O)=O)cccc1C(=O)O. The third kappa shape index (κ3) is 4.63. The van der Waals surface area contributed by atoms with Crippen molar-refractivity contribution in [2.75, 3.05) is 11.0 Å². The van der Waals surface area contributed by atoms with Crippen LogP contribution in [0.1, 0.15) is 17.3 Å². The molecule has 0 aromatic heterocycles. The maximum absolute atomic E-state index is 12.7. The number of ether oxygens (including phenoxy) is 1. The maximum atomic E-state index is 12.7. The average molecular weight is 413 g/mol. The monoisotopic (exact) mass is 413 g/mol. The van der Waals surface area contributed by atoms with Gasteiger partial charge < -0.3 is 9.84 Å². The van der Waals surface area contributed by atoms with Crippen molar-refractivity contribution in [1.29, 1.82) is 0 Å². The number of para-hydroxylation sites is 1. The third-order valence-corrected chi connectivity index (χ3v) is 5.98. The van der Waals surface area contributed by atoms with Crippen LogP contribution in [0.15, 0.2) is 52.3 Å². The predicted molar refractivity (Wildman–Crippen MR) is 95.1 cm³/mol. The van der Waals surface area contributed by atoms with Crippen molar-refractivity contribution in [2.45, 2.75) is 16.7 Å². The smallest absolute Gasteiger partial charge is 0.339 e. The van der Waals surface area contributed by atoms with Crippen LogP contribution in [-0.4, -0.2) is 40.1 Å². The molecular weight excluding hydrogens is 398 g/mol. The molecule has 0 atom stereocenters. The van der Waals surface area contributed by atoms with E-state index in [0.717, 1.165) is 31.4 Å². The van der Waals surface area contributed by atoms with Gasteiger partial charge in [-0.25, -0.2) is 21.6 Å². The average Bonchev–Trinajstić information content (AvgIpc) is 2.54. The van der Waals surface area contributed by atoms with Crippen molar-refractivity contribution in [1.82, 2.24) is 0 Å². The van der Waals surface area contributed by atoms with E-state index in [1.165, 1.54) is 24.3 Å². The number of anilines is 1. The molecule has 9 nitrogen and oxygen atoms in total. The molecule has 0 radical (unpaired) electrons. The first-order valence-corrected chi connectivity index (χ1v) is 10.7. The van der Waals surface area contributed by atoms with Gasteiger partial charge in [-0.05, 0) is 24.3 Å². The van der Waals surface area contributed by atoms with Crippen LogP contribution in [-0.2, 0) is 24.7 Å². The van der Waals surface area contributed by atoms with E-state index >= 15 is 0 Å². The Hall–Kier alpha value is -2.92. The second kappa shape index (κ2) is 7.37. The summed E-state index contributed by atoms with van der Waals surface area (Å²) in [6, 6.07) is 8.48. The Bertz CT molecular complexity index is 1120. The molecule has 0 heterocycles. The molecule has 0 amide bonds. The number of esters is 1. The summed E-state index contributed by atoms with van der Waals surface area (Å²) in [7, 11) is -8.30. The number of carbonyl (C=O) groups is 2. The van der Waals surface area contributed by atoms with Crippen molar-refractivity contribution in [3.63, 3.8) is 0 Å². The molecule has 144 valence electrons. The van der Waals surface area contributed by atoms with Gasteiger partial charge in [0.05, 0.1) is 10.6 Å². The van der Waals surface area contributed by atoms with Crippen LogP contribution in [0.25, 0.3) is 0 Å². The number of carboxylic acid groups (broad SMARTS) is 1. The van der Waals surface area contributed by atoms with E-state index in [0.29, 0.717) is 0 Å². The van der Waals surface area contributed by atoms with E-state index in [1.807, 2.05) is 0 Å². The second-order valence-corrected chi connectivity index (χ2v) is 9.04. The van der Waals surface area contributed by atoms with Crippen molar-refractivity contribution in [3.05, 3.63) is 48.0 Å². The minimum Gasteiger partial charge on any atom is -0.478 e. The summed E-state index contributed by atoms with van der Waals surface area (Å²) < 4.78 is 56.1. The number of sulfonamides is 1. The van der Waals surface area contributed by atoms with E-state index in [4.69, 9.17) is 4.74 Å². The molecule has 0 fully saturated rings. The fourth-order valence-corrected chi connectivity index (χ4v) is 4.91. The fraction of sp³-hybridized carbons (Fsp3) is 0.125. The summed E-state index contributed by atoms with van der Waals surface area (Å²) >= 11 is 0. The van der Waals surface area contributed by atoms with Gasteiger partial charge in [-0.2, -0.15) is 0 Å². The highest BCUT2D eigenvalue weighted by Gasteiger charge is 2.26. The summed E-state index contributed by atoms with van der Waals surface area (Å²) in [5, 5.41) is 9.22. The lowest BCUT2D eigenvalue weighted by atomic mass is 10.2. The Kier molecular flexibility index (Phi) is 5.56. The fourth-order valence-electron chi connectivity index (χ4n) is 2.22. The van der Waals surface area contributed by atoms with Crippen LogP contribution < -0.4 is 9.46 Å². The van der Waals surface area contributed by atoms with Crippen LogP contribution in [0.5, 0.6) is 5.75 Å². The number of hydrogen-bond acceptors (Lipinski definition) is 7. The van der Waals surface area contributed by atoms with Crippen molar-refractivity contribution in [3.8, 4) is 5.75 Å². The third-order valence-electron chi connectivity index (χ3n) is 3.27. The Morgan fingerprint density at radius 1 is 0.963 bits per heavy atom. The van der Waals surface area contributed by atoms with Crippen LogP contribution in [0, 0.1) is 0 Å². The van der Waals surface area contributed by atoms with E-state index in [1.54, 1.807) is 0 Å². The minimum absolute atomic E-state index is 0.326. The molecule has 2 aromatic carbocycles. The Balaban J connectivity index is 2.62. The zero-order chi connectivity index (χ0) is 20.4. The zero-order valence-corrected chi connectivity index (χ0v) is 15.8. The normalized spacial score (nSPS) is 11.6. The number of aromatic carboxylic acids is 1. The van der Waals surface area contributed by atoms with Gasteiger partial charge in [-0.15, -0.1) is 0 Å². The van der Waals surface area contributed by atoms with E-state index in [9.17, 15) is 31.5 Å². The molecule has 27 heavy (non-hydrogen) atoms. The number of sulfone groups is 1. The molecule has 0 spiro atoms. The number of benzene rings is 2. The van der Waals surface area contributed by atoms with Gasteiger partial charge in [0, 0.05) is 13.2 Å². The molecular formula is C16H15NO8S2. The molecule has 2 rings (SSSR count). The molecule has 0 saturated heterocycles. The molecule has 2 aromatic rings. The summed E-state index contributed by atoms with van der Waals surface area (Å²) in [4.78, 5) is 21.7. The molecule has 0 bridgehead atoms. The number of nitrogens with one attached hydrogen (secondary N) is 1. The summed E-state index contributed by atoms with van der Waals surface area (Å²) in [6.07, 6.45) is 0.858. The highest BCUT2D eigenvalue weighted by atomic mass is 32.2. The molecule has 0 saturated carbocycles. The maximum Gasteiger partial charge on any atom is 0.339 e. The van der Waals surface area contributed by atoms with Crippen LogP contribution in [0.3, 0.4) is 0 Å². The van der Waals surface area contributed by atoms with Crippen LogP contribution in [0.2, 0.25) is 0 Å². The first-order chi connectivity index (χ1) is 12.4. The molecule has 2 N–H and O–H groups in total. The van der Waals surface area contributed by atoms with Gasteiger partial charge in [-0.3, -0.25) is 9.52 Å². The quantitative estimate of drug-likeness (QED) is 0.536. The molecule has 0 unspecified atom stereocenters. The van der Waals surface area contributed by atoms with Gasteiger partial charge >= 0.3 is 11.9 Å². The van der Waals surface area contributed by atoms with E-state index in [-0.39, 0.29) is 5.69 Å². The Morgan fingerprint density at radius 2 is 1.56 bits per heavy atom. The highest BCUT2D eigenvalue weighted by Crippen LogP contribution is 2.32. The highest BCUT2D eigenvalue weighted by molar-refractivity contribution is 7.95. The van der Waals surface area contributed by atoms with Crippen LogP contribution >= 0.6 is 0 Å². The lowest BCUT2D eigenvalue weighted by Gasteiger charge is -2.15. The van der Waals surface area contributed by atoms with Gasteiger partial charge in [0.15, 0.2) is 15.6 Å². The van der Waals surface area contributed by atoms with Crippen molar-refractivity contribution >= 4 is 37.5 Å². The summed E-state index contributed by atoms with van der Waals surface area (Å²) in [5.74, 6) is -2.80. The Labute approximate surface area is 155 Å². The molecule has 0 aliphatic carbocycles. The number of carboxylic acids is 1. The van der Waals surface area contributed by atoms with Gasteiger partial charge in [0.25, 0.3) is 10.0 Å². The van der Waals surface area contributed by atoms with E-state index < -0.39 is 52.9 Å². The molecule has 11 heteroatoms. The van der Waals surface area contributed by atoms with Crippen molar-refractivity contribution < 1.29 is 36.3 Å². The molecule has 0 aliphatic heterocycles. The lowest BCUT2D eigenvalue weighted by Crippen LogP contribution is -2.18. The topological polar surface area (TPSA) is 144 Å². The Morgan fingerprint density at radius 3 is 2.07 bits per heavy atom. The summed E-state index contributed by atoms with van der Waals surface area (Å²) in [6.45, 7) is 1.02. The van der Waals surface area contributed by atoms with Crippen molar-refractivity contribution in [2.24, 2.45) is 0 Å². The number of hydrogen-bond donors (Lipinski definition) is 2. The number of rotatable bonds is 6.